The molecule has 0 aliphatic carbocycles. The van der Waals surface area contributed by atoms with Crippen LogP contribution < -0.4 is 5.73 Å². The van der Waals surface area contributed by atoms with Crippen LogP contribution in [0.1, 0.15) is 32.6 Å². The number of benzene rings is 2. The van der Waals surface area contributed by atoms with Crippen LogP contribution in [0.15, 0.2) is 36.4 Å². The van der Waals surface area contributed by atoms with E-state index in [0.717, 1.165) is 27.8 Å². The summed E-state index contributed by atoms with van der Waals surface area (Å²) >= 11 is 0. The summed E-state index contributed by atoms with van der Waals surface area (Å²) in [5.41, 5.74) is 11.0. The maximum Gasteiger partial charge on any atom is 0.193 e. The Kier molecular flexibility index (Phi) is 3.19. The highest BCUT2D eigenvalue weighted by atomic mass is 16.1. The summed E-state index contributed by atoms with van der Waals surface area (Å²) in [4.78, 5) is 12.5. The highest BCUT2D eigenvalue weighted by Crippen LogP contribution is 2.20. The monoisotopic (exact) mass is 239 g/mol. The third-order valence-corrected chi connectivity index (χ3v) is 3.34. The number of aryl methyl sites for hydroxylation is 2. The highest BCUT2D eigenvalue weighted by Gasteiger charge is 2.14. The van der Waals surface area contributed by atoms with E-state index in [0.29, 0.717) is 5.69 Å². The van der Waals surface area contributed by atoms with Gasteiger partial charge in [0, 0.05) is 16.8 Å². The molecule has 0 unspecified atom stereocenters. The quantitative estimate of drug-likeness (QED) is 0.644. The second kappa shape index (κ2) is 4.65. The van der Waals surface area contributed by atoms with Crippen molar-refractivity contribution in [3.63, 3.8) is 0 Å². The zero-order valence-electron chi connectivity index (χ0n) is 10.9. The molecular formula is C16H17NO. The summed E-state index contributed by atoms with van der Waals surface area (Å²) in [5.74, 6) is 0.0636. The van der Waals surface area contributed by atoms with Gasteiger partial charge in [0.15, 0.2) is 5.78 Å². The first-order valence-corrected chi connectivity index (χ1v) is 5.97. The van der Waals surface area contributed by atoms with Crippen molar-refractivity contribution in [2.75, 3.05) is 5.73 Å². The Morgan fingerprint density at radius 1 is 0.944 bits per heavy atom. The van der Waals surface area contributed by atoms with Gasteiger partial charge in [-0.25, -0.2) is 0 Å². The molecule has 0 spiro atoms. The van der Waals surface area contributed by atoms with E-state index >= 15 is 0 Å². The van der Waals surface area contributed by atoms with Gasteiger partial charge < -0.3 is 5.73 Å². The molecule has 0 aliphatic rings. The fraction of sp³-hybridized carbons (Fsp3) is 0.188. The molecule has 2 heteroatoms. The van der Waals surface area contributed by atoms with Gasteiger partial charge in [-0.05, 0) is 55.7 Å². The maximum absolute atomic E-state index is 12.5. The molecule has 2 aromatic rings. The molecule has 18 heavy (non-hydrogen) atoms. The number of anilines is 1. The third-order valence-electron chi connectivity index (χ3n) is 3.34. The third kappa shape index (κ3) is 2.14. The Hall–Kier alpha value is -2.09. The van der Waals surface area contributed by atoms with Gasteiger partial charge in [-0.3, -0.25) is 4.79 Å². The molecule has 0 radical (unpaired) electrons. The van der Waals surface area contributed by atoms with Crippen molar-refractivity contribution < 1.29 is 4.79 Å². The molecule has 0 amide bonds. The minimum Gasteiger partial charge on any atom is -0.399 e. The van der Waals surface area contributed by atoms with Crippen molar-refractivity contribution in [1.29, 1.82) is 0 Å². The molecule has 0 saturated heterocycles. The van der Waals surface area contributed by atoms with Crippen LogP contribution >= 0.6 is 0 Å². The number of nitrogens with two attached hydrogens (primary N) is 1. The summed E-state index contributed by atoms with van der Waals surface area (Å²) in [6.45, 7) is 5.91. The molecule has 0 saturated carbocycles. The largest absolute Gasteiger partial charge is 0.399 e. The van der Waals surface area contributed by atoms with E-state index in [-0.39, 0.29) is 5.78 Å². The average Bonchev–Trinajstić information content (AvgIpc) is 2.32. The van der Waals surface area contributed by atoms with Gasteiger partial charge in [0.2, 0.25) is 0 Å². The molecule has 92 valence electrons. The number of ketones is 1. The van der Waals surface area contributed by atoms with Crippen LogP contribution in [0.2, 0.25) is 0 Å². The fourth-order valence-electron chi connectivity index (χ4n) is 2.08. The van der Waals surface area contributed by atoms with Crippen molar-refractivity contribution in [3.8, 4) is 0 Å². The minimum absolute atomic E-state index is 0.0636. The lowest BCUT2D eigenvalue weighted by Crippen LogP contribution is -2.07. The lowest BCUT2D eigenvalue weighted by atomic mass is 9.94. The SMILES string of the molecule is Cc1cc(N)ccc1C(=O)c1cccc(C)c1C. The number of nitrogen functional groups attached to an aromatic ring is 1. The molecule has 0 aromatic heterocycles. The van der Waals surface area contributed by atoms with Gasteiger partial charge >= 0.3 is 0 Å². The smallest absolute Gasteiger partial charge is 0.193 e. The standard InChI is InChI=1S/C16H17NO/c1-10-5-4-6-15(12(10)3)16(18)14-8-7-13(17)9-11(14)2/h4-9H,17H2,1-3H3. The molecule has 0 bridgehead atoms. The van der Waals surface area contributed by atoms with Crippen LogP contribution in [0.5, 0.6) is 0 Å². The van der Waals surface area contributed by atoms with Gasteiger partial charge in [0.25, 0.3) is 0 Å². The zero-order chi connectivity index (χ0) is 13.3. The Morgan fingerprint density at radius 2 is 1.67 bits per heavy atom. The molecular weight excluding hydrogens is 222 g/mol. The van der Waals surface area contributed by atoms with Crippen molar-refractivity contribution >= 4 is 11.5 Å². The maximum atomic E-state index is 12.5. The van der Waals surface area contributed by atoms with Gasteiger partial charge in [0.05, 0.1) is 0 Å². The summed E-state index contributed by atoms with van der Waals surface area (Å²) in [5, 5.41) is 0. The Labute approximate surface area is 107 Å². The van der Waals surface area contributed by atoms with Crippen LogP contribution in [0.4, 0.5) is 5.69 Å². The predicted molar refractivity (Wildman–Crippen MR) is 74.9 cm³/mol. The lowest BCUT2D eigenvalue weighted by molar-refractivity contribution is 0.103. The van der Waals surface area contributed by atoms with Gasteiger partial charge in [-0.2, -0.15) is 0 Å². The van der Waals surface area contributed by atoms with Gasteiger partial charge in [0.1, 0.15) is 0 Å². The molecule has 2 rings (SSSR count). The van der Waals surface area contributed by atoms with E-state index in [2.05, 4.69) is 0 Å². The first-order chi connectivity index (χ1) is 8.50. The predicted octanol–water partition coefficient (Wildman–Crippen LogP) is 3.43. The van der Waals surface area contributed by atoms with Crippen molar-refractivity contribution in [2.45, 2.75) is 20.8 Å². The van der Waals surface area contributed by atoms with Gasteiger partial charge in [-0.15, -0.1) is 0 Å². The first kappa shape index (κ1) is 12.4. The Bertz CT molecular complexity index is 614. The molecule has 0 fully saturated rings. The van der Waals surface area contributed by atoms with Crippen molar-refractivity contribution in [1.82, 2.24) is 0 Å². The van der Waals surface area contributed by atoms with Crippen LogP contribution in [-0.4, -0.2) is 5.78 Å². The number of hydrogen-bond donors (Lipinski definition) is 1. The normalized spacial score (nSPS) is 10.4. The second-order valence-electron chi connectivity index (χ2n) is 4.65. The van der Waals surface area contributed by atoms with Crippen LogP contribution in [0.25, 0.3) is 0 Å². The Morgan fingerprint density at radius 3 is 2.33 bits per heavy atom. The van der Waals surface area contributed by atoms with E-state index in [4.69, 9.17) is 5.73 Å². The van der Waals surface area contributed by atoms with Crippen LogP contribution in [0, 0.1) is 20.8 Å². The highest BCUT2D eigenvalue weighted by molar-refractivity contribution is 6.11. The van der Waals surface area contributed by atoms with Crippen LogP contribution in [-0.2, 0) is 0 Å². The molecule has 2 aromatic carbocycles. The summed E-state index contributed by atoms with van der Waals surface area (Å²) in [7, 11) is 0. The summed E-state index contributed by atoms with van der Waals surface area (Å²) in [6.07, 6.45) is 0. The zero-order valence-corrected chi connectivity index (χ0v) is 10.9. The topological polar surface area (TPSA) is 43.1 Å². The van der Waals surface area contributed by atoms with E-state index in [9.17, 15) is 4.79 Å². The van der Waals surface area contributed by atoms with Crippen molar-refractivity contribution in [3.05, 3.63) is 64.2 Å². The number of carbonyl (C=O) groups is 1. The van der Waals surface area contributed by atoms with Crippen LogP contribution in [0.3, 0.4) is 0 Å². The molecule has 2 N–H and O–H groups in total. The molecule has 0 aliphatic heterocycles. The first-order valence-electron chi connectivity index (χ1n) is 5.97. The number of rotatable bonds is 2. The van der Waals surface area contributed by atoms with E-state index < -0.39 is 0 Å². The minimum atomic E-state index is 0.0636. The van der Waals surface area contributed by atoms with Crippen molar-refractivity contribution in [2.24, 2.45) is 0 Å². The number of hydrogen-bond acceptors (Lipinski definition) is 2. The molecule has 2 nitrogen and oxygen atoms in total. The molecule has 0 atom stereocenters. The molecule has 0 heterocycles. The van der Waals surface area contributed by atoms with E-state index in [1.54, 1.807) is 12.1 Å². The van der Waals surface area contributed by atoms with E-state index in [1.807, 2.05) is 45.0 Å². The number of carbonyl (C=O) groups excluding carboxylic acids is 1. The van der Waals surface area contributed by atoms with Gasteiger partial charge in [-0.1, -0.05) is 18.2 Å². The average molecular weight is 239 g/mol. The lowest BCUT2D eigenvalue weighted by Gasteiger charge is -2.10. The summed E-state index contributed by atoms with van der Waals surface area (Å²) in [6, 6.07) is 11.2. The van der Waals surface area contributed by atoms with E-state index in [1.165, 1.54) is 0 Å². The second-order valence-corrected chi connectivity index (χ2v) is 4.65. The summed E-state index contributed by atoms with van der Waals surface area (Å²) < 4.78 is 0. The fourth-order valence-corrected chi connectivity index (χ4v) is 2.08. The Balaban J connectivity index is 2.51.